The van der Waals surface area contributed by atoms with Gasteiger partial charge in [0.15, 0.2) is 0 Å². The molecule has 0 aliphatic heterocycles. The van der Waals surface area contributed by atoms with Crippen molar-refractivity contribution in [1.29, 1.82) is 0 Å². The first kappa shape index (κ1) is 63.3. The maximum absolute atomic E-state index is 13.0. The zero-order chi connectivity index (χ0) is 49.6. The van der Waals surface area contributed by atoms with Gasteiger partial charge in [0.05, 0.1) is 25.7 Å². The minimum atomic E-state index is -0.512. The van der Waals surface area contributed by atoms with Crippen LogP contribution in [-0.2, 0) is 47.7 Å². The second kappa shape index (κ2) is 46.6. The SMILES string of the molecule is CCCCCCCCCCCCCCCCCC(=O)OCC(COC(=O)CCCCN(CCO)C1CCC1)COC(=O)CCCC(COC(=O)CCCCCCC)COC(=O)CCCCCCC. The van der Waals surface area contributed by atoms with E-state index < -0.39 is 11.9 Å². The van der Waals surface area contributed by atoms with Crippen LogP contribution in [0.5, 0.6) is 0 Å². The lowest BCUT2D eigenvalue weighted by Crippen LogP contribution is -2.42. The van der Waals surface area contributed by atoms with Gasteiger partial charge in [-0.25, -0.2) is 0 Å². The molecule has 1 rings (SSSR count). The van der Waals surface area contributed by atoms with E-state index in [1.807, 2.05) is 0 Å². The van der Waals surface area contributed by atoms with E-state index in [1.165, 1.54) is 83.5 Å². The van der Waals surface area contributed by atoms with Crippen molar-refractivity contribution >= 4 is 29.8 Å². The minimum absolute atomic E-state index is 0.0222. The predicted octanol–water partition coefficient (Wildman–Crippen LogP) is 13.1. The number of carbonyl (C=O) groups is 5. The predicted molar refractivity (Wildman–Crippen MR) is 272 cm³/mol. The molecule has 0 bridgehead atoms. The Morgan fingerprint density at radius 3 is 1.00 bits per heavy atom. The van der Waals surface area contributed by atoms with Crippen molar-refractivity contribution < 1.29 is 52.8 Å². The van der Waals surface area contributed by atoms with Crippen molar-refractivity contribution in [3.8, 4) is 0 Å². The van der Waals surface area contributed by atoms with Crippen LogP contribution in [0.2, 0.25) is 0 Å². The van der Waals surface area contributed by atoms with Gasteiger partial charge in [-0.2, -0.15) is 0 Å². The quantitative estimate of drug-likeness (QED) is 0.0350. The van der Waals surface area contributed by atoms with Crippen LogP contribution in [0.4, 0.5) is 0 Å². The number of carbonyl (C=O) groups excluding carboxylic acids is 5. The lowest BCUT2D eigenvalue weighted by atomic mass is 9.91. The molecule has 0 aromatic carbocycles. The van der Waals surface area contributed by atoms with Crippen LogP contribution < -0.4 is 0 Å². The molecule has 12 heteroatoms. The Labute approximate surface area is 415 Å². The zero-order valence-electron chi connectivity index (χ0n) is 44.0. The molecule has 0 heterocycles. The Hall–Kier alpha value is -2.73. The van der Waals surface area contributed by atoms with Gasteiger partial charge in [0.2, 0.25) is 0 Å². The molecule has 68 heavy (non-hydrogen) atoms. The Kier molecular flexibility index (Phi) is 43.4. The van der Waals surface area contributed by atoms with Gasteiger partial charge in [0.25, 0.3) is 0 Å². The molecule has 1 atom stereocenters. The van der Waals surface area contributed by atoms with Crippen molar-refractivity contribution in [3.63, 3.8) is 0 Å². The van der Waals surface area contributed by atoms with Crippen molar-refractivity contribution in [1.82, 2.24) is 4.90 Å². The number of hydrogen-bond acceptors (Lipinski definition) is 12. The third kappa shape index (κ3) is 39.0. The fourth-order valence-electron chi connectivity index (χ4n) is 8.64. The van der Waals surface area contributed by atoms with Gasteiger partial charge >= 0.3 is 29.8 Å². The van der Waals surface area contributed by atoms with Crippen LogP contribution in [0.15, 0.2) is 0 Å². The Balaban J connectivity index is 2.59. The maximum atomic E-state index is 13.0. The van der Waals surface area contributed by atoms with E-state index in [1.54, 1.807) is 0 Å². The first-order valence-electron chi connectivity index (χ1n) is 28.3. The van der Waals surface area contributed by atoms with Gasteiger partial charge < -0.3 is 28.8 Å². The molecule has 1 unspecified atom stereocenters. The lowest BCUT2D eigenvalue weighted by Gasteiger charge is -2.37. The number of esters is 5. The van der Waals surface area contributed by atoms with Gasteiger partial charge in [-0.1, -0.05) is 168 Å². The molecule has 1 N–H and O–H groups in total. The molecule has 0 aromatic rings. The average Bonchev–Trinajstić information content (AvgIpc) is 3.31. The fourth-order valence-corrected chi connectivity index (χ4v) is 8.64. The van der Waals surface area contributed by atoms with Crippen LogP contribution in [0.25, 0.3) is 0 Å². The molecule has 0 spiro atoms. The summed E-state index contributed by atoms with van der Waals surface area (Å²) in [5.74, 6) is -2.36. The van der Waals surface area contributed by atoms with Crippen LogP contribution in [0, 0.1) is 11.8 Å². The van der Waals surface area contributed by atoms with Crippen LogP contribution >= 0.6 is 0 Å². The summed E-state index contributed by atoms with van der Waals surface area (Å²) in [6.45, 7) is 8.29. The van der Waals surface area contributed by atoms with E-state index in [0.717, 1.165) is 109 Å². The summed E-state index contributed by atoms with van der Waals surface area (Å²) in [5.41, 5.74) is 0. The summed E-state index contributed by atoms with van der Waals surface area (Å²) in [4.78, 5) is 65.9. The summed E-state index contributed by atoms with van der Waals surface area (Å²) in [5, 5.41) is 9.47. The molecular weight excluding hydrogens is 863 g/mol. The Morgan fingerprint density at radius 1 is 0.397 bits per heavy atom. The lowest BCUT2D eigenvalue weighted by molar-refractivity contribution is -0.155. The maximum Gasteiger partial charge on any atom is 0.305 e. The summed E-state index contributed by atoms with van der Waals surface area (Å²) in [6, 6.07) is 0.528. The Morgan fingerprint density at radius 2 is 0.691 bits per heavy atom. The topological polar surface area (TPSA) is 155 Å². The summed E-state index contributed by atoms with van der Waals surface area (Å²) in [6.07, 6.45) is 36.4. The molecule has 0 amide bonds. The Bertz CT molecular complexity index is 1200. The average molecular weight is 966 g/mol. The van der Waals surface area contributed by atoms with Gasteiger partial charge in [0, 0.05) is 50.6 Å². The molecule has 1 saturated carbocycles. The molecule has 12 nitrogen and oxygen atoms in total. The second-order valence-electron chi connectivity index (χ2n) is 19.9. The molecule has 1 aliphatic carbocycles. The van der Waals surface area contributed by atoms with E-state index in [-0.39, 0.29) is 82.3 Å². The largest absolute Gasteiger partial charge is 0.465 e. The molecule has 0 saturated heterocycles. The van der Waals surface area contributed by atoms with Crippen LogP contribution in [0.3, 0.4) is 0 Å². The summed E-state index contributed by atoms with van der Waals surface area (Å²) in [7, 11) is 0. The summed E-state index contributed by atoms with van der Waals surface area (Å²) < 4.78 is 28.1. The van der Waals surface area contributed by atoms with Gasteiger partial charge in [-0.3, -0.25) is 28.9 Å². The molecule has 0 radical (unpaired) electrons. The van der Waals surface area contributed by atoms with Gasteiger partial charge in [0.1, 0.15) is 19.8 Å². The molecular formula is C56H103NO11. The van der Waals surface area contributed by atoms with E-state index in [9.17, 15) is 29.1 Å². The van der Waals surface area contributed by atoms with Crippen molar-refractivity contribution in [2.75, 3.05) is 52.7 Å². The van der Waals surface area contributed by atoms with Gasteiger partial charge in [-0.15, -0.1) is 0 Å². The standard InChI is InChI=1S/C56H103NO11/c1-4-7-10-13-14-15-16-17-18-19-20-21-22-25-28-38-54(61)66-46-50(47-67-55(62)39-29-30-41-57(42-43-58)51-34-32-35-51)48-68-56(63)40-31-33-49(44-64-52(59)36-26-23-11-8-5-2)45-65-53(60)37-27-24-12-9-6-3/h49-51,58H,4-48H2,1-3H3. The van der Waals surface area contributed by atoms with E-state index in [2.05, 4.69) is 25.7 Å². The van der Waals surface area contributed by atoms with Gasteiger partial charge in [-0.05, 0) is 64.3 Å². The van der Waals surface area contributed by atoms with Crippen molar-refractivity contribution in [2.45, 2.75) is 264 Å². The highest BCUT2D eigenvalue weighted by Gasteiger charge is 2.24. The number of ether oxygens (including phenoxy) is 5. The number of nitrogens with zero attached hydrogens (tertiary/aromatic N) is 1. The molecule has 1 aliphatic rings. The minimum Gasteiger partial charge on any atom is -0.465 e. The normalized spacial score (nSPS) is 13.1. The van der Waals surface area contributed by atoms with E-state index in [4.69, 9.17) is 23.7 Å². The summed E-state index contributed by atoms with van der Waals surface area (Å²) >= 11 is 0. The van der Waals surface area contributed by atoms with Crippen molar-refractivity contribution in [2.24, 2.45) is 11.8 Å². The zero-order valence-corrected chi connectivity index (χ0v) is 44.0. The smallest absolute Gasteiger partial charge is 0.305 e. The highest BCUT2D eigenvalue weighted by Crippen LogP contribution is 2.25. The highest BCUT2D eigenvalue weighted by molar-refractivity contribution is 5.71. The number of aliphatic hydroxyl groups is 1. The van der Waals surface area contributed by atoms with Crippen LogP contribution in [0.1, 0.15) is 258 Å². The number of aliphatic hydroxyl groups excluding tert-OH is 1. The van der Waals surface area contributed by atoms with E-state index >= 15 is 0 Å². The highest BCUT2D eigenvalue weighted by atomic mass is 16.6. The first-order chi connectivity index (χ1) is 33.2. The second-order valence-corrected chi connectivity index (χ2v) is 19.9. The van der Waals surface area contributed by atoms with Crippen LogP contribution in [-0.4, -0.2) is 98.6 Å². The molecule has 1 fully saturated rings. The monoisotopic (exact) mass is 966 g/mol. The number of hydrogen-bond donors (Lipinski definition) is 1. The molecule has 398 valence electrons. The third-order valence-corrected chi connectivity index (χ3v) is 13.4. The fraction of sp³-hybridized carbons (Fsp3) is 0.911. The first-order valence-corrected chi connectivity index (χ1v) is 28.3. The molecule has 0 aromatic heterocycles. The van der Waals surface area contributed by atoms with Crippen molar-refractivity contribution in [3.05, 3.63) is 0 Å². The third-order valence-electron chi connectivity index (χ3n) is 13.4. The van der Waals surface area contributed by atoms with E-state index in [0.29, 0.717) is 51.1 Å². The number of rotatable bonds is 50. The number of unbranched alkanes of at least 4 members (excludes halogenated alkanes) is 23.